The second kappa shape index (κ2) is 11.6. The SMILES string of the molecule is C/C=C\CCCC(=O)O.C=C1CCCC1/C=C/Cc1cc2ccccc2s1. The Morgan fingerprint density at radius 2 is 2.15 bits per heavy atom. The smallest absolute Gasteiger partial charge is 0.303 e. The van der Waals surface area contributed by atoms with Crippen molar-refractivity contribution in [3.8, 4) is 0 Å². The minimum Gasteiger partial charge on any atom is -0.481 e. The molecular formula is C24H30O2S. The Bertz CT molecular complexity index is 765. The van der Waals surface area contributed by atoms with Crippen molar-refractivity contribution in [2.75, 3.05) is 0 Å². The Hall–Kier alpha value is -2.13. The number of allylic oxidation sites excluding steroid dienone is 5. The van der Waals surface area contributed by atoms with Crippen LogP contribution in [0.25, 0.3) is 10.1 Å². The van der Waals surface area contributed by atoms with Crippen LogP contribution in [0.4, 0.5) is 0 Å². The molecule has 0 spiro atoms. The van der Waals surface area contributed by atoms with Gasteiger partial charge in [-0.1, -0.05) is 54.7 Å². The number of hydrogen-bond acceptors (Lipinski definition) is 2. The summed E-state index contributed by atoms with van der Waals surface area (Å²) in [7, 11) is 0. The van der Waals surface area contributed by atoms with Crippen molar-refractivity contribution in [3.63, 3.8) is 0 Å². The lowest BCUT2D eigenvalue weighted by molar-refractivity contribution is -0.137. The summed E-state index contributed by atoms with van der Waals surface area (Å²) in [4.78, 5) is 11.4. The topological polar surface area (TPSA) is 37.3 Å². The highest BCUT2D eigenvalue weighted by molar-refractivity contribution is 7.19. The second-order valence-electron chi connectivity index (χ2n) is 6.89. The fraction of sp³-hybridized carbons (Fsp3) is 0.375. The summed E-state index contributed by atoms with van der Waals surface area (Å²) in [5.74, 6) is -0.0705. The Kier molecular flexibility index (Phi) is 9.06. The van der Waals surface area contributed by atoms with Gasteiger partial charge in [0.1, 0.15) is 0 Å². The number of benzene rings is 1. The number of thiophene rings is 1. The lowest BCUT2D eigenvalue weighted by atomic mass is 10.0. The number of aliphatic carboxylic acids is 1. The van der Waals surface area contributed by atoms with E-state index in [1.54, 1.807) is 0 Å². The molecule has 0 amide bonds. The van der Waals surface area contributed by atoms with Crippen LogP contribution in [-0.4, -0.2) is 11.1 Å². The normalized spacial score (nSPS) is 16.9. The van der Waals surface area contributed by atoms with Gasteiger partial charge in [-0.2, -0.15) is 0 Å². The first-order chi connectivity index (χ1) is 13.1. The molecule has 3 heteroatoms. The van der Waals surface area contributed by atoms with E-state index >= 15 is 0 Å². The molecule has 1 unspecified atom stereocenters. The van der Waals surface area contributed by atoms with Crippen molar-refractivity contribution in [2.24, 2.45) is 5.92 Å². The fourth-order valence-electron chi connectivity index (χ4n) is 3.19. The molecule has 0 bridgehead atoms. The number of carboxylic acid groups (broad SMARTS) is 1. The summed E-state index contributed by atoms with van der Waals surface area (Å²) in [6.45, 7) is 6.08. The molecule has 2 nitrogen and oxygen atoms in total. The molecule has 0 aliphatic heterocycles. The number of hydrogen-bond donors (Lipinski definition) is 1. The minimum absolute atomic E-state index is 0.282. The van der Waals surface area contributed by atoms with Gasteiger partial charge in [-0.15, -0.1) is 11.3 Å². The third-order valence-corrected chi connectivity index (χ3v) is 5.84. The molecule has 1 N–H and O–H groups in total. The van der Waals surface area contributed by atoms with E-state index in [4.69, 9.17) is 5.11 Å². The maximum absolute atomic E-state index is 9.94. The predicted molar refractivity (Wildman–Crippen MR) is 117 cm³/mol. The molecule has 1 aliphatic carbocycles. The number of carboxylic acids is 1. The second-order valence-corrected chi connectivity index (χ2v) is 8.06. The number of carbonyl (C=O) groups is 1. The van der Waals surface area contributed by atoms with Crippen LogP contribution in [0, 0.1) is 5.92 Å². The fourth-order valence-corrected chi connectivity index (χ4v) is 4.23. The minimum atomic E-state index is -0.709. The van der Waals surface area contributed by atoms with Gasteiger partial charge in [-0.3, -0.25) is 4.79 Å². The zero-order chi connectivity index (χ0) is 19.5. The van der Waals surface area contributed by atoms with E-state index in [0.29, 0.717) is 5.92 Å². The Labute approximate surface area is 166 Å². The summed E-state index contributed by atoms with van der Waals surface area (Å²) < 4.78 is 1.39. The van der Waals surface area contributed by atoms with Crippen LogP contribution in [0.15, 0.2) is 66.8 Å². The van der Waals surface area contributed by atoms with Crippen LogP contribution in [0.5, 0.6) is 0 Å². The van der Waals surface area contributed by atoms with E-state index in [0.717, 1.165) is 19.3 Å². The molecular weight excluding hydrogens is 352 g/mol. The van der Waals surface area contributed by atoms with Gasteiger partial charge in [0.25, 0.3) is 0 Å². The standard InChI is InChI=1S/C17H18S.C7H12O2/c1-13-6-4-8-14(13)9-5-10-16-12-15-7-2-3-11-17(15)18-16;1-2-3-4-5-6-7(8)9/h2-3,5,7,9,11-12,14H,1,4,6,8,10H2;2-3H,4-6H2,1H3,(H,8,9)/b9-5+;3-2-. The average Bonchev–Trinajstić information content (AvgIpc) is 3.25. The average molecular weight is 383 g/mol. The van der Waals surface area contributed by atoms with Gasteiger partial charge < -0.3 is 5.11 Å². The summed E-state index contributed by atoms with van der Waals surface area (Å²) in [5, 5.41) is 9.56. The van der Waals surface area contributed by atoms with Gasteiger partial charge in [0, 0.05) is 16.0 Å². The summed E-state index contributed by atoms with van der Waals surface area (Å²) in [5.41, 5.74) is 1.42. The van der Waals surface area contributed by atoms with Crippen molar-refractivity contribution in [1.29, 1.82) is 0 Å². The zero-order valence-corrected chi connectivity index (χ0v) is 17.0. The lowest BCUT2D eigenvalue weighted by Crippen LogP contribution is -1.92. The van der Waals surface area contributed by atoms with Gasteiger partial charge in [0.15, 0.2) is 0 Å². The van der Waals surface area contributed by atoms with Crippen LogP contribution in [0.2, 0.25) is 0 Å². The highest BCUT2D eigenvalue weighted by Gasteiger charge is 2.15. The Balaban J connectivity index is 0.000000249. The van der Waals surface area contributed by atoms with Gasteiger partial charge in [-0.05, 0) is 68.9 Å². The molecule has 1 heterocycles. The maximum Gasteiger partial charge on any atom is 0.303 e. The molecule has 27 heavy (non-hydrogen) atoms. The summed E-state index contributed by atoms with van der Waals surface area (Å²) >= 11 is 1.91. The van der Waals surface area contributed by atoms with Crippen molar-refractivity contribution >= 4 is 27.4 Å². The van der Waals surface area contributed by atoms with E-state index in [1.807, 2.05) is 30.4 Å². The molecule has 144 valence electrons. The summed E-state index contributed by atoms with van der Waals surface area (Å²) in [6.07, 6.45) is 15.4. The summed E-state index contributed by atoms with van der Waals surface area (Å²) in [6, 6.07) is 10.9. The molecule has 1 aromatic carbocycles. The van der Waals surface area contributed by atoms with Crippen molar-refractivity contribution in [3.05, 3.63) is 71.7 Å². The molecule has 2 aromatic rings. The largest absolute Gasteiger partial charge is 0.481 e. The number of fused-ring (bicyclic) bond motifs is 1. The van der Waals surface area contributed by atoms with Gasteiger partial charge >= 0.3 is 5.97 Å². The van der Waals surface area contributed by atoms with E-state index in [2.05, 4.69) is 49.1 Å². The third kappa shape index (κ3) is 7.56. The lowest BCUT2D eigenvalue weighted by Gasteiger charge is -2.02. The van der Waals surface area contributed by atoms with Crippen LogP contribution in [0.1, 0.15) is 50.3 Å². The highest BCUT2D eigenvalue weighted by atomic mass is 32.1. The van der Waals surface area contributed by atoms with Crippen molar-refractivity contribution in [1.82, 2.24) is 0 Å². The predicted octanol–water partition coefficient (Wildman–Crippen LogP) is 7.17. The van der Waals surface area contributed by atoms with E-state index in [9.17, 15) is 4.79 Å². The molecule has 1 atom stereocenters. The van der Waals surface area contributed by atoms with Crippen LogP contribution in [0.3, 0.4) is 0 Å². The molecule has 0 saturated heterocycles. The van der Waals surface area contributed by atoms with E-state index in [1.165, 1.54) is 39.8 Å². The molecule has 1 saturated carbocycles. The Morgan fingerprint density at radius 1 is 1.33 bits per heavy atom. The first-order valence-corrected chi connectivity index (χ1v) is 10.6. The van der Waals surface area contributed by atoms with Gasteiger partial charge in [0.05, 0.1) is 0 Å². The molecule has 1 fully saturated rings. The number of rotatable bonds is 7. The van der Waals surface area contributed by atoms with Crippen LogP contribution in [-0.2, 0) is 11.2 Å². The number of unbranched alkanes of at least 4 members (excludes halogenated alkanes) is 1. The molecule has 1 aromatic heterocycles. The van der Waals surface area contributed by atoms with E-state index in [-0.39, 0.29) is 6.42 Å². The Morgan fingerprint density at radius 3 is 2.81 bits per heavy atom. The van der Waals surface area contributed by atoms with Crippen LogP contribution >= 0.6 is 11.3 Å². The maximum atomic E-state index is 9.94. The van der Waals surface area contributed by atoms with Crippen LogP contribution < -0.4 is 0 Å². The van der Waals surface area contributed by atoms with Gasteiger partial charge in [0.2, 0.25) is 0 Å². The quantitative estimate of drug-likeness (QED) is 0.407. The molecule has 0 radical (unpaired) electrons. The monoisotopic (exact) mass is 382 g/mol. The van der Waals surface area contributed by atoms with Crippen molar-refractivity contribution in [2.45, 2.75) is 51.9 Å². The highest BCUT2D eigenvalue weighted by Crippen LogP contribution is 2.31. The van der Waals surface area contributed by atoms with Crippen molar-refractivity contribution < 1.29 is 9.90 Å². The first kappa shape index (κ1) is 21.2. The first-order valence-electron chi connectivity index (χ1n) is 9.75. The third-order valence-electron chi connectivity index (χ3n) is 4.70. The van der Waals surface area contributed by atoms with Gasteiger partial charge in [-0.25, -0.2) is 0 Å². The molecule has 1 aliphatic rings. The zero-order valence-electron chi connectivity index (χ0n) is 16.2. The van der Waals surface area contributed by atoms with E-state index < -0.39 is 5.97 Å². The molecule has 3 rings (SSSR count).